The Morgan fingerprint density at radius 3 is 2.72 bits per heavy atom. The number of benzene rings is 3. The van der Waals surface area contributed by atoms with Gasteiger partial charge in [-0.25, -0.2) is 4.39 Å². The molecule has 1 N–H and O–H groups in total. The summed E-state index contributed by atoms with van der Waals surface area (Å²) in [6.07, 6.45) is 4.69. The molecule has 7 nitrogen and oxygen atoms in total. The quantitative estimate of drug-likeness (QED) is 0.173. The van der Waals surface area contributed by atoms with Gasteiger partial charge in [0.05, 0.1) is 17.7 Å². The third kappa shape index (κ3) is 6.96. The number of Topliss-reactive ketones (excluding diaryl/α,β-unsaturated/α-hetero) is 1. The standard InChI is InChI=1S/C34H31ClFN3O4/c1-21(40)11-12-38-19-24-14-29(35)33(15-32(24)42-20-23-13-22(16-37)17-39-18-23)43-30-10-9-26-25(5-3-6-27(26)30)28-7-4-8-31(41-2)34(28)36/h3-8,13-15,17-18,30,38H,9-12,19-20H2,1-2H3/t30-/m0/s1. The predicted molar refractivity (Wildman–Crippen MR) is 162 cm³/mol. The van der Waals surface area contributed by atoms with Crippen molar-refractivity contribution in [2.75, 3.05) is 13.7 Å². The number of nitrogens with one attached hydrogen (secondary N) is 1. The van der Waals surface area contributed by atoms with Gasteiger partial charge < -0.3 is 19.5 Å². The molecule has 0 amide bonds. The molecule has 5 rings (SSSR count). The number of hydrogen-bond donors (Lipinski definition) is 1. The van der Waals surface area contributed by atoms with Gasteiger partial charge in [-0.15, -0.1) is 0 Å². The number of carbonyl (C=O) groups excluding carboxylic acids is 1. The van der Waals surface area contributed by atoms with Gasteiger partial charge in [-0.05, 0) is 54.7 Å². The first-order chi connectivity index (χ1) is 20.9. The summed E-state index contributed by atoms with van der Waals surface area (Å²) in [5, 5.41) is 12.9. The van der Waals surface area contributed by atoms with E-state index in [4.69, 9.17) is 25.8 Å². The maximum Gasteiger partial charge on any atom is 0.172 e. The number of fused-ring (bicyclic) bond motifs is 1. The van der Waals surface area contributed by atoms with Crippen LogP contribution < -0.4 is 19.5 Å². The summed E-state index contributed by atoms with van der Waals surface area (Å²) in [5.74, 6) is 0.929. The van der Waals surface area contributed by atoms with E-state index < -0.39 is 5.82 Å². The van der Waals surface area contributed by atoms with Gasteiger partial charge in [0, 0.05) is 54.7 Å². The van der Waals surface area contributed by atoms with Crippen LogP contribution >= 0.6 is 11.6 Å². The lowest BCUT2D eigenvalue weighted by Gasteiger charge is -2.20. The maximum atomic E-state index is 15.2. The Morgan fingerprint density at radius 2 is 1.93 bits per heavy atom. The number of rotatable bonds is 12. The number of halogens is 2. The van der Waals surface area contributed by atoms with E-state index in [1.807, 2.05) is 18.2 Å². The smallest absolute Gasteiger partial charge is 0.172 e. The average Bonchev–Trinajstić information content (AvgIpc) is 3.43. The molecule has 1 aliphatic carbocycles. The zero-order valence-corrected chi connectivity index (χ0v) is 24.7. The van der Waals surface area contributed by atoms with Crippen LogP contribution in [0.4, 0.5) is 4.39 Å². The lowest BCUT2D eigenvalue weighted by atomic mass is 9.96. The van der Waals surface area contributed by atoms with E-state index in [-0.39, 0.29) is 24.2 Å². The number of carbonyl (C=O) groups is 1. The molecule has 220 valence electrons. The van der Waals surface area contributed by atoms with Crippen LogP contribution in [-0.2, 0) is 24.4 Å². The molecular formula is C34H31ClFN3O4. The summed E-state index contributed by atoms with van der Waals surface area (Å²) in [5.41, 5.74) is 5.30. The van der Waals surface area contributed by atoms with Crippen molar-refractivity contribution >= 4 is 17.4 Å². The largest absolute Gasteiger partial charge is 0.494 e. The Kier molecular flexibility index (Phi) is 9.55. The van der Waals surface area contributed by atoms with Crippen molar-refractivity contribution in [1.29, 1.82) is 5.26 Å². The molecule has 1 aromatic heterocycles. The second kappa shape index (κ2) is 13.7. The summed E-state index contributed by atoms with van der Waals surface area (Å²) in [4.78, 5) is 15.5. The number of methoxy groups -OCH3 is 1. The Labute approximate surface area is 255 Å². The first-order valence-electron chi connectivity index (χ1n) is 14.0. The number of pyridine rings is 1. The van der Waals surface area contributed by atoms with Gasteiger partial charge in [-0.2, -0.15) is 5.26 Å². The second-order valence-corrected chi connectivity index (χ2v) is 10.7. The summed E-state index contributed by atoms with van der Waals surface area (Å²) in [6.45, 7) is 2.69. The molecule has 0 bridgehead atoms. The topological polar surface area (TPSA) is 93.5 Å². The first-order valence-corrected chi connectivity index (χ1v) is 14.4. The molecule has 1 heterocycles. The number of nitriles is 1. The summed E-state index contributed by atoms with van der Waals surface area (Å²) in [6, 6.07) is 18.4. The van der Waals surface area contributed by atoms with Gasteiger partial charge in [0.25, 0.3) is 0 Å². The Hall–Kier alpha value is -4.45. The number of aromatic nitrogens is 1. The first kappa shape index (κ1) is 30.0. The van der Waals surface area contributed by atoms with Crippen LogP contribution in [0.15, 0.2) is 67.0 Å². The van der Waals surface area contributed by atoms with Crippen LogP contribution in [0.5, 0.6) is 17.2 Å². The molecule has 0 spiro atoms. The van der Waals surface area contributed by atoms with Crippen molar-refractivity contribution < 1.29 is 23.4 Å². The predicted octanol–water partition coefficient (Wildman–Crippen LogP) is 7.14. The normalized spacial score (nSPS) is 13.7. The minimum absolute atomic E-state index is 0.102. The summed E-state index contributed by atoms with van der Waals surface area (Å²) >= 11 is 6.74. The fraction of sp³-hybridized carbons (Fsp3) is 0.265. The number of hydrogen-bond acceptors (Lipinski definition) is 7. The molecule has 1 aliphatic rings. The minimum atomic E-state index is -0.393. The van der Waals surface area contributed by atoms with Crippen molar-refractivity contribution in [2.24, 2.45) is 0 Å². The van der Waals surface area contributed by atoms with E-state index in [0.29, 0.717) is 60.0 Å². The van der Waals surface area contributed by atoms with Gasteiger partial charge >= 0.3 is 0 Å². The van der Waals surface area contributed by atoms with Crippen molar-refractivity contribution in [3.05, 3.63) is 106 Å². The second-order valence-electron chi connectivity index (χ2n) is 10.3. The van der Waals surface area contributed by atoms with Crippen molar-refractivity contribution in [1.82, 2.24) is 10.3 Å². The summed E-state index contributed by atoms with van der Waals surface area (Å²) in [7, 11) is 1.46. The van der Waals surface area contributed by atoms with Crippen LogP contribution in [0.25, 0.3) is 11.1 Å². The van der Waals surface area contributed by atoms with E-state index in [0.717, 1.165) is 27.8 Å². The van der Waals surface area contributed by atoms with E-state index in [2.05, 4.69) is 16.4 Å². The van der Waals surface area contributed by atoms with E-state index in [1.54, 1.807) is 49.5 Å². The highest BCUT2D eigenvalue weighted by atomic mass is 35.5. The molecule has 0 unspecified atom stereocenters. The Morgan fingerprint density at radius 1 is 1.12 bits per heavy atom. The minimum Gasteiger partial charge on any atom is -0.494 e. The fourth-order valence-electron chi connectivity index (χ4n) is 5.24. The molecular weight excluding hydrogens is 569 g/mol. The van der Waals surface area contributed by atoms with Crippen LogP contribution in [0.3, 0.4) is 0 Å². The van der Waals surface area contributed by atoms with Gasteiger partial charge in [0.2, 0.25) is 0 Å². The van der Waals surface area contributed by atoms with E-state index >= 15 is 4.39 Å². The zero-order chi connectivity index (χ0) is 30.3. The zero-order valence-electron chi connectivity index (χ0n) is 24.0. The molecule has 0 fully saturated rings. The Bertz CT molecular complexity index is 1690. The van der Waals surface area contributed by atoms with E-state index in [9.17, 15) is 10.1 Å². The average molecular weight is 600 g/mol. The van der Waals surface area contributed by atoms with Crippen LogP contribution in [0.2, 0.25) is 5.02 Å². The van der Waals surface area contributed by atoms with Crippen molar-refractivity contribution in [3.8, 4) is 34.4 Å². The van der Waals surface area contributed by atoms with Crippen LogP contribution in [0.1, 0.15) is 53.7 Å². The van der Waals surface area contributed by atoms with Crippen molar-refractivity contribution in [2.45, 2.75) is 45.4 Å². The fourth-order valence-corrected chi connectivity index (χ4v) is 5.47. The maximum absolute atomic E-state index is 15.2. The molecule has 0 saturated heterocycles. The number of ketones is 1. The van der Waals surface area contributed by atoms with Crippen LogP contribution in [0, 0.1) is 17.1 Å². The SMILES string of the molecule is COc1cccc(-c2cccc3c2CC[C@@H]3Oc2cc(OCc3cncc(C#N)c3)c(CNCCC(C)=O)cc2Cl)c1F. The van der Waals surface area contributed by atoms with Gasteiger partial charge in [0.15, 0.2) is 11.6 Å². The molecule has 0 radical (unpaired) electrons. The molecule has 1 atom stereocenters. The highest BCUT2D eigenvalue weighted by Gasteiger charge is 2.28. The molecule has 0 aliphatic heterocycles. The lowest BCUT2D eigenvalue weighted by Crippen LogP contribution is -2.17. The van der Waals surface area contributed by atoms with Gasteiger partial charge in [0.1, 0.15) is 36.1 Å². The Balaban J connectivity index is 1.41. The molecule has 0 saturated carbocycles. The highest BCUT2D eigenvalue weighted by Crippen LogP contribution is 2.43. The van der Waals surface area contributed by atoms with Crippen LogP contribution in [-0.4, -0.2) is 24.4 Å². The third-order valence-corrected chi connectivity index (χ3v) is 7.66. The molecule has 4 aromatic rings. The van der Waals surface area contributed by atoms with Gasteiger partial charge in [-0.3, -0.25) is 9.78 Å². The highest BCUT2D eigenvalue weighted by molar-refractivity contribution is 6.32. The molecule has 43 heavy (non-hydrogen) atoms. The van der Waals surface area contributed by atoms with Crippen molar-refractivity contribution in [3.63, 3.8) is 0 Å². The van der Waals surface area contributed by atoms with Gasteiger partial charge in [-0.1, -0.05) is 41.9 Å². The molecule has 3 aromatic carbocycles. The summed E-state index contributed by atoms with van der Waals surface area (Å²) < 4.78 is 33.0. The number of nitrogens with zero attached hydrogens (tertiary/aromatic N) is 2. The third-order valence-electron chi connectivity index (χ3n) is 7.36. The van der Waals surface area contributed by atoms with E-state index in [1.165, 1.54) is 13.3 Å². The molecule has 9 heteroatoms. The number of ether oxygens (including phenoxy) is 3. The monoisotopic (exact) mass is 599 g/mol. The lowest BCUT2D eigenvalue weighted by molar-refractivity contribution is -0.116.